The summed E-state index contributed by atoms with van der Waals surface area (Å²) in [5.74, 6) is 0.428. The van der Waals surface area contributed by atoms with Crippen molar-refractivity contribution in [2.45, 2.75) is 31.6 Å². The molecule has 0 saturated carbocycles. The second-order valence-corrected chi connectivity index (χ2v) is 7.37. The number of hydrogen-bond donors (Lipinski definition) is 0. The molecule has 7 heteroatoms. The van der Waals surface area contributed by atoms with Gasteiger partial charge in [-0.05, 0) is 24.6 Å². The van der Waals surface area contributed by atoms with Crippen LogP contribution in [0.2, 0.25) is 10.0 Å². The molecular weight excluding hydrogens is 319 g/mol. The molecule has 1 heterocycles. The molecule has 0 aliphatic carbocycles. The fourth-order valence-corrected chi connectivity index (χ4v) is 4.08. The predicted octanol–water partition coefficient (Wildman–Crippen LogP) is 3.86. The van der Waals surface area contributed by atoms with E-state index < -0.39 is 10.0 Å². The second-order valence-electron chi connectivity index (χ2n) is 4.77. The van der Waals surface area contributed by atoms with Crippen LogP contribution in [0.5, 0.6) is 0 Å². The number of halogens is 2. The van der Waals surface area contributed by atoms with Crippen molar-refractivity contribution in [1.29, 1.82) is 0 Å². The van der Waals surface area contributed by atoms with Crippen molar-refractivity contribution in [3.8, 4) is 0 Å². The van der Waals surface area contributed by atoms with Crippen molar-refractivity contribution in [2.24, 2.45) is 0 Å². The van der Waals surface area contributed by atoms with E-state index in [0.717, 1.165) is 9.54 Å². The monoisotopic (exact) mass is 332 g/mol. The summed E-state index contributed by atoms with van der Waals surface area (Å²) in [6, 6.07) is 2.92. The third kappa shape index (κ3) is 2.57. The molecule has 20 heavy (non-hydrogen) atoms. The highest BCUT2D eigenvalue weighted by Gasteiger charge is 2.25. The lowest BCUT2D eigenvalue weighted by Crippen LogP contribution is -2.16. The normalized spacial score (nSPS) is 12.1. The topological polar surface area (TPSA) is 52.0 Å². The summed E-state index contributed by atoms with van der Waals surface area (Å²) < 4.78 is 26.5. The molecule has 0 atom stereocenters. The molecule has 108 valence electrons. The SMILES string of the molecule is Cc1cc(Cl)c(S(=O)(=O)n2ccnc2C(C)C)cc1Cl. The minimum atomic E-state index is -3.80. The van der Waals surface area contributed by atoms with Gasteiger partial charge in [-0.2, -0.15) is 0 Å². The quantitative estimate of drug-likeness (QED) is 0.857. The molecule has 2 rings (SSSR count). The van der Waals surface area contributed by atoms with Gasteiger partial charge in [0.2, 0.25) is 0 Å². The van der Waals surface area contributed by atoms with Crippen LogP contribution in [-0.2, 0) is 10.0 Å². The number of aromatic nitrogens is 2. The molecule has 0 N–H and O–H groups in total. The van der Waals surface area contributed by atoms with Crippen LogP contribution in [0.25, 0.3) is 0 Å². The van der Waals surface area contributed by atoms with E-state index in [2.05, 4.69) is 4.98 Å². The number of imidazole rings is 1. The molecule has 0 spiro atoms. The van der Waals surface area contributed by atoms with Gasteiger partial charge >= 0.3 is 0 Å². The summed E-state index contributed by atoms with van der Waals surface area (Å²) in [5.41, 5.74) is 0.727. The Kier molecular flexibility index (Phi) is 4.14. The number of benzene rings is 1. The maximum Gasteiger partial charge on any atom is 0.270 e. The summed E-state index contributed by atoms with van der Waals surface area (Å²) in [5, 5.41) is 0.509. The van der Waals surface area contributed by atoms with Crippen molar-refractivity contribution in [2.75, 3.05) is 0 Å². The van der Waals surface area contributed by atoms with Crippen LogP contribution < -0.4 is 0 Å². The third-order valence-corrected chi connectivity index (χ3v) is 5.45. The molecule has 0 aliphatic rings. The van der Waals surface area contributed by atoms with Gasteiger partial charge in [-0.25, -0.2) is 17.4 Å². The molecule has 0 unspecified atom stereocenters. The fourth-order valence-electron chi connectivity index (χ4n) is 1.84. The Morgan fingerprint density at radius 2 is 1.85 bits per heavy atom. The maximum atomic E-state index is 12.7. The predicted molar refractivity (Wildman–Crippen MR) is 80.1 cm³/mol. The highest BCUT2D eigenvalue weighted by molar-refractivity contribution is 7.90. The second kappa shape index (κ2) is 5.39. The van der Waals surface area contributed by atoms with Crippen molar-refractivity contribution in [3.05, 3.63) is 46.0 Å². The van der Waals surface area contributed by atoms with E-state index in [1.807, 2.05) is 13.8 Å². The van der Waals surface area contributed by atoms with E-state index >= 15 is 0 Å². The largest absolute Gasteiger partial charge is 0.270 e. The Morgan fingerprint density at radius 1 is 1.20 bits per heavy atom. The Hall–Kier alpha value is -1.04. The summed E-state index contributed by atoms with van der Waals surface area (Å²) in [4.78, 5) is 4.07. The van der Waals surface area contributed by atoms with E-state index in [0.29, 0.717) is 10.8 Å². The van der Waals surface area contributed by atoms with Gasteiger partial charge < -0.3 is 0 Å². The van der Waals surface area contributed by atoms with E-state index in [9.17, 15) is 8.42 Å². The molecule has 0 fully saturated rings. The smallest absolute Gasteiger partial charge is 0.240 e. The lowest BCUT2D eigenvalue weighted by atomic mass is 10.2. The highest BCUT2D eigenvalue weighted by atomic mass is 35.5. The van der Waals surface area contributed by atoms with Crippen molar-refractivity contribution < 1.29 is 8.42 Å². The molecule has 2 aromatic rings. The van der Waals surface area contributed by atoms with Crippen LogP contribution in [0.3, 0.4) is 0 Å². The van der Waals surface area contributed by atoms with Crippen LogP contribution in [-0.4, -0.2) is 17.4 Å². The van der Waals surface area contributed by atoms with Gasteiger partial charge in [-0.1, -0.05) is 37.0 Å². The zero-order chi connectivity index (χ0) is 15.1. The lowest BCUT2D eigenvalue weighted by molar-refractivity contribution is 0.581. The number of nitrogens with zero attached hydrogens (tertiary/aromatic N) is 2. The summed E-state index contributed by atoms with van der Waals surface area (Å²) >= 11 is 12.1. The molecular formula is C13H14Cl2N2O2S. The van der Waals surface area contributed by atoms with Crippen LogP contribution in [0.4, 0.5) is 0 Å². The van der Waals surface area contributed by atoms with Crippen LogP contribution in [0.1, 0.15) is 31.2 Å². The maximum absolute atomic E-state index is 12.7. The fraction of sp³-hybridized carbons (Fsp3) is 0.308. The van der Waals surface area contributed by atoms with Gasteiger partial charge in [0.1, 0.15) is 10.7 Å². The first kappa shape index (κ1) is 15.4. The highest BCUT2D eigenvalue weighted by Crippen LogP contribution is 2.30. The number of hydrogen-bond acceptors (Lipinski definition) is 3. The molecule has 0 amide bonds. The zero-order valence-electron chi connectivity index (χ0n) is 11.3. The summed E-state index contributed by atoms with van der Waals surface area (Å²) in [7, 11) is -3.80. The van der Waals surface area contributed by atoms with E-state index in [-0.39, 0.29) is 15.8 Å². The van der Waals surface area contributed by atoms with Gasteiger partial charge in [0.05, 0.1) is 5.02 Å². The number of aryl methyl sites for hydroxylation is 1. The Bertz CT molecular complexity index is 752. The number of rotatable bonds is 3. The van der Waals surface area contributed by atoms with Crippen LogP contribution in [0, 0.1) is 6.92 Å². The van der Waals surface area contributed by atoms with Gasteiger partial charge in [0, 0.05) is 23.3 Å². The Labute approximate surface area is 128 Å². The summed E-state index contributed by atoms with van der Waals surface area (Å²) in [6.45, 7) is 5.51. The molecule has 0 radical (unpaired) electrons. The van der Waals surface area contributed by atoms with Gasteiger partial charge in [-0.3, -0.25) is 0 Å². The van der Waals surface area contributed by atoms with Gasteiger partial charge in [0.25, 0.3) is 10.0 Å². The van der Waals surface area contributed by atoms with E-state index in [1.54, 1.807) is 13.0 Å². The average Bonchev–Trinajstić information content (AvgIpc) is 2.83. The van der Waals surface area contributed by atoms with Gasteiger partial charge in [0.15, 0.2) is 0 Å². The minimum absolute atomic E-state index is 0.0188. The molecule has 0 saturated heterocycles. The first-order valence-corrected chi connectivity index (χ1v) is 8.19. The lowest BCUT2D eigenvalue weighted by Gasteiger charge is -2.13. The van der Waals surface area contributed by atoms with E-state index in [4.69, 9.17) is 23.2 Å². The molecule has 1 aromatic carbocycles. The third-order valence-electron chi connectivity index (χ3n) is 2.90. The van der Waals surface area contributed by atoms with Crippen LogP contribution in [0.15, 0.2) is 29.4 Å². The first-order valence-electron chi connectivity index (χ1n) is 5.99. The Morgan fingerprint density at radius 3 is 2.45 bits per heavy atom. The zero-order valence-corrected chi connectivity index (χ0v) is 13.6. The molecule has 1 aromatic heterocycles. The minimum Gasteiger partial charge on any atom is -0.240 e. The first-order chi connectivity index (χ1) is 9.25. The van der Waals surface area contributed by atoms with Crippen molar-refractivity contribution >= 4 is 33.2 Å². The molecule has 0 aliphatic heterocycles. The molecule has 0 bridgehead atoms. The van der Waals surface area contributed by atoms with E-state index in [1.165, 1.54) is 18.5 Å². The standard InChI is InChI=1S/C13H14Cl2N2O2S/c1-8(2)13-16-4-5-17(13)20(18,19)12-7-10(14)9(3)6-11(12)15/h4-8H,1-3H3. The summed E-state index contributed by atoms with van der Waals surface area (Å²) in [6.07, 6.45) is 2.87. The Balaban J connectivity index is 2.67. The van der Waals surface area contributed by atoms with Crippen LogP contribution >= 0.6 is 23.2 Å². The molecule has 4 nitrogen and oxygen atoms in total. The van der Waals surface area contributed by atoms with Crippen molar-refractivity contribution in [3.63, 3.8) is 0 Å². The van der Waals surface area contributed by atoms with Crippen molar-refractivity contribution in [1.82, 2.24) is 8.96 Å². The average molecular weight is 333 g/mol. The van der Waals surface area contributed by atoms with Gasteiger partial charge in [-0.15, -0.1) is 0 Å².